The Morgan fingerprint density at radius 3 is 2.48 bits per heavy atom. The number of esters is 1. The number of ether oxygens (including phenoxy) is 2. The summed E-state index contributed by atoms with van der Waals surface area (Å²) in [6.45, 7) is 5.24. The quantitative estimate of drug-likeness (QED) is 0.651. The van der Waals surface area contributed by atoms with Crippen molar-refractivity contribution in [2.24, 2.45) is 5.92 Å². The van der Waals surface area contributed by atoms with Crippen LogP contribution < -0.4 is 10.1 Å². The van der Waals surface area contributed by atoms with Crippen LogP contribution in [0.4, 0.5) is 5.69 Å². The molecule has 6 heteroatoms. The average molecular weight is 425 g/mol. The molecular weight excluding hydrogens is 392 g/mol. The van der Waals surface area contributed by atoms with Gasteiger partial charge in [-0.15, -0.1) is 0 Å². The molecule has 1 unspecified atom stereocenters. The number of nitrogens with zero attached hydrogens (tertiary/aromatic N) is 1. The Hall–Kier alpha value is -3.02. The summed E-state index contributed by atoms with van der Waals surface area (Å²) in [7, 11) is 1.67. The molecule has 1 saturated heterocycles. The molecule has 1 N–H and O–H groups in total. The van der Waals surface area contributed by atoms with Crippen LogP contribution in [0.5, 0.6) is 5.75 Å². The van der Waals surface area contributed by atoms with Gasteiger partial charge in [0, 0.05) is 30.8 Å². The molecular formula is C25H32N2O4. The van der Waals surface area contributed by atoms with E-state index in [1.807, 2.05) is 55.1 Å². The normalized spacial score (nSPS) is 15.3. The van der Waals surface area contributed by atoms with Gasteiger partial charge in [-0.1, -0.05) is 30.3 Å². The largest absolute Gasteiger partial charge is 0.496 e. The van der Waals surface area contributed by atoms with Gasteiger partial charge in [0.2, 0.25) is 5.91 Å². The number of likely N-dealkylation sites (tertiary alicyclic amines) is 1. The Morgan fingerprint density at radius 1 is 1.13 bits per heavy atom. The Labute approximate surface area is 184 Å². The van der Waals surface area contributed by atoms with Crippen LogP contribution in [0.1, 0.15) is 37.8 Å². The SMILES string of the molecule is CCOC(=O)C1CCN(C(=O)C(C)Nc2ccc(OC)c(Cc3ccccc3)c2)CC1. The molecule has 1 aliphatic heterocycles. The highest BCUT2D eigenvalue weighted by Crippen LogP contribution is 2.26. The summed E-state index contributed by atoms with van der Waals surface area (Å²) < 4.78 is 10.6. The molecule has 2 aromatic carbocycles. The maximum atomic E-state index is 12.9. The van der Waals surface area contributed by atoms with Crippen LogP contribution in [0.3, 0.4) is 0 Å². The number of hydrogen-bond donors (Lipinski definition) is 1. The van der Waals surface area contributed by atoms with Crippen molar-refractivity contribution in [3.8, 4) is 5.75 Å². The van der Waals surface area contributed by atoms with Gasteiger partial charge in [0.15, 0.2) is 0 Å². The molecule has 0 spiro atoms. The van der Waals surface area contributed by atoms with E-state index in [1.54, 1.807) is 7.11 Å². The first-order chi connectivity index (χ1) is 15.0. The van der Waals surface area contributed by atoms with Crippen LogP contribution in [0.25, 0.3) is 0 Å². The van der Waals surface area contributed by atoms with Crippen molar-refractivity contribution in [2.45, 2.75) is 39.2 Å². The van der Waals surface area contributed by atoms with Gasteiger partial charge in [-0.2, -0.15) is 0 Å². The molecule has 1 fully saturated rings. The highest BCUT2D eigenvalue weighted by molar-refractivity contribution is 5.84. The first-order valence-electron chi connectivity index (χ1n) is 10.9. The van der Waals surface area contributed by atoms with E-state index in [0.29, 0.717) is 32.5 Å². The van der Waals surface area contributed by atoms with E-state index in [1.165, 1.54) is 5.56 Å². The van der Waals surface area contributed by atoms with E-state index in [0.717, 1.165) is 23.4 Å². The van der Waals surface area contributed by atoms with Crippen LogP contribution in [0, 0.1) is 5.92 Å². The Kier molecular flexibility index (Phi) is 7.93. The predicted octanol–water partition coefficient (Wildman–Crippen LogP) is 3.89. The molecule has 0 radical (unpaired) electrons. The van der Waals surface area contributed by atoms with Crippen molar-refractivity contribution in [1.82, 2.24) is 4.90 Å². The standard InChI is InChI=1S/C25H32N2O4/c1-4-31-25(29)20-12-14-27(15-13-20)24(28)18(2)26-22-10-11-23(30-3)21(17-22)16-19-8-6-5-7-9-19/h5-11,17-18,20,26H,4,12-16H2,1-3H3. The van der Waals surface area contributed by atoms with Crippen molar-refractivity contribution < 1.29 is 19.1 Å². The molecule has 1 atom stereocenters. The van der Waals surface area contributed by atoms with Crippen molar-refractivity contribution in [3.05, 3.63) is 59.7 Å². The van der Waals surface area contributed by atoms with Gasteiger partial charge in [-0.3, -0.25) is 9.59 Å². The monoisotopic (exact) mass is 424 g/mol. The Balaban J connectivity index is 1.61. The summed E-state index contributed by atoms with van der Waals surface area (Å²) in [4.78, 5) is 26.7. The lowest BCUT2D eigenvalue weighted by Gasteiger charge is -2.33. The molecule has 0 bridgehead atoms. The Bertz CT molecular complexity index is 876. The minimum atomic E-state index is -0.364. The third-order valence-corrected chi connectivity index (χ3v) is 5.70. The molecule has 31 heavy (non-hydrogen) atoms. The lowest BCUT2D eigenvalue weighted by Crippen LogP contribution is -2.46. The second kappa shape index (κ2) is 10.8. The van der Waals surface area contributed by atoms with E-state index >= 15 is 0 Å². The second-order valence-electron chi connectivity index (χ2n) is 7.91. The highest BCUT2D eigenvalue weighted by Gasteiger charge is 2.30. The fourth-order valence-corrected chi connectivity index (χ4v) is 4.00. The van der Waals surface area contributed by atoms with Gasteiger partial charge in [0.25, 0.3) is 0 Å². The van der Waals surface area contributed by atoms with Crippen molar-refractivity contribution in [1.29, 1.82) is 0 Å². The van der Waals surface area contributed by atoms with E-state index in [9.17, 15) is 9.59 Å². The number of hydrogen-bond acceptors (Lipinski definition) is 5. The predicted molar refractivity (Wildman–Crippen MR) is 121 cm³/mol. The number of rotatable bonds is 8. The third kappa shape index (κ3) is 6.00. The minimum Gasteiger partial charge on any atom is -0.496 e. The number of amides is 1. The van der Waals surface area contributed by atoms with Crippen LogP contribution in [0.2, 0.25) is 0 Å². The minimum absolute atomic E-state index is 0.0442. The zero-order valence-corrected chi connectivity index (χ0v) is 18.6. The fourth-order valence-electron chi connectivity index (χ4n) is 4.00. The first kappa shape index (κ1) is 22.7. The number of anilines is 1. The molecule has 1 amide bonds. The summed E-state index contributed by atoms with van der Waals surface area (Å²) in [6.07, 6.45) is 2.06. The van der Waals surface area contributed by atoms with Gasteiger partial charge in [0.1, 0.15) is 11.8 Å². The maximum Gasteiger partial charge on any atom is 0.309 e. The number of piperidine rings is 1. The summed E-state index contributed by atoms with van der Waals surface area (Å²) in [6, 6.07) is 15.8. The fraction of sp³-hybridized carbons (Fsp3) is 0.440. The molecule has 1 aliphatic rings. The number of carbonyl (C=O) groups is 2. The van der Waals surface area contributed by atoms with Gasteiger partial charge in [0.05, 0.1) is 19.6 Å². The molecule has 6 nitrogen and oxygen atoms in total. The number of carbonyl (C=O) groups excluding carboxylic acids is 2. The topological polar surface area (TPSA) is 67.9 Å². The molecule has 1 heterocycles. The number of nitrogens with one attached hydrogen (secondary N) is 1. The maximum absolute atomic E-state index is 12.9. The van der Waals surface area contributed by atoms with Crippen molar-refractivity contribution >= 4 is 17.6 Å². The molecule has 3 rings (SSSR count). The molecule has 0 aromatic heterocycles. The molecule has 0 saturated carbocycles. The van der Waals surface area contributed by atoms with Crippen LogP contribution in [0.15, 0.2) is 48.5 Å². The molecule has 2 aromatic rings. The lowest BCUT2D eigenvalue weighted by molar-refractivity contribution is -0.151. The zero-order chi connectivity index (χ0) is 22.2. The van der Waals surface area contributed by atoms with E-state index < -0.39 is 0 Å². The van der Waals surface area contributed by atoms with Gasteiger partial charge in [-0.05, 0) is 50.5 Å². The van der Waals surface area contributed by atoms with E-state index in [-0.39, 0.29) is 23.8 Å². The van der Waals surface area contributed by atoms with Gasteiger partial charge < -0.3 is 19.7 Å². The van der Waals surface area contributed by atoms with E-state index in [2.05, 4.69) is 17.4 Å². The van der Waals surface area contributed by atoms with Gasteiger partial charge in [-0.25, -0.2) is 0 Å². The van der Waals surface area contributed by atoms with E-state index in [4.69, 9.17) is 9.47 Å². The number of methoxy groups -OCH3 is 1. The third-order valence-electron chi connectivity index (χ3n) is 5.70. The first-order valence-corrected chi connectivity index (χ1v) is 10.9. The zero-order valence-electron chi connectivity index (χ0n) is 18.6. The van der Waals surface area contributed by atoms with Crippen molar-refractivity contribution in [3.63, 3.8) is 0 Å². The van der Waals surface area contributed by atoms with Crippen LogP contribution >= 0.6 is 0 Å². The summed E-state index contributed by atoms with van der Waals surface area (Å²) >= 11 is 0. The number of benzene rings is 2. The highest BCUT2D eigenvalue weighted by atomic mass is 16.5. The Morgan fingerprint density at radius 2 is 1.84 bits per heavy atom. The molecule has 166 valence electrons. The molecule has 0 aliphatic carbocycles. The van der Waals surface area contributed by atoms with Crippen molar-refractivity contribution in [2.75, 3.05) is 32.1 Å². The lowest BCUT2D eigenvalue weighted by atomic mass is 9.96. The van der Waals surface area contributed by atoms with Gasteiger partial charge >= 0.3 is 5.97 Å². The second-order valence-corrected chi connectivity index (χ2v) is 7.91. The summed E-state index contributed by atoms with van der Waals surface area (Å²) in [5.74, 6) is 0.622. The smallest absolute Gasteiger partial charge is 0.309 e. The summed E-state index contributed by atoms with van der Waals surface area (Å²) in [5.41, 5.74) is 3.15. The van der Waals surface area contributed by atoms with Crippen LogP contribution in [-0.4, -0.2) is 49.6 Å². The average Bonchev–Trinajstić information content (AvgIpc) is 2.80. The van der Waals surface area contributed by atoms with Crippen LogP contribution in [-0.2, 0) is 20.7 Å². The summed E-state index contributed by atoms with van der Waals surface area (Å²) in [5, 5.41) is 3.33.